The lowest BCUT2D eigenvalue weighted by molar-refractivity contribution is 0.188. The molecule has 0 aromatic carbocycles. The predicted molar refractivity (Wildman–Crippen MR) is 77.1 cm³/mol. The van der Waals surface area contributed by atoms with Crippen molar-refractivity contribution in [3.63, 3.8) is 0 Å². The highest BCUT2D eigenvalue weighted by molar-refractivity contribution is 7.98. The highest BCUT2D eigenvalue weighted by Crippen LogP contribution is 2.30. The van der Waals surface area contributed by atoms with Crippen LogP contribution in [-0.2, 0) is 0 Å². The van der Waals surface area contributed by atoms with E-state index < -0.39 is 0 Å². The SMILES string of the molecule is CSc1cc(NCC2NCCCC2(C)C)ncn1. The first-order valence-corrected chi connectivity index (χ1v) is 7.67. The fourth-order valence-electron chi connectivity index (χ4n) is 2.37. The lowest BCUT2D eigenvalue weighted by Crippen LogP contribution is -2.50. The molecule has 0 saturated carbocycles. The Morgan fingerprint density at radius 3 is 3.06 bits per heavy atom. The Balaban J connectivity index is 1.94. The third-order valence-corrected chi connectivity index (χ3v) is 4.31. The molecule has 100 valence electrons. The Hall–Kier alpha value is -0.810. The summed E-state index contributed by atoms with van der Waals surface area (Å²) in [6.45, 7) is 6.70. The van der Waals surface area contributed by atoms with Crippen LogP contribution in [0.5, 0.6) is 0 Å². The van der Waals surface area contributed by atoms with Crippen LogP contribution in [-0.4, -0.2) is 35.4 Å². The largest absolute Gasteiger partial charge is 0.368 e. The number of hydrogen-bond acceptors (Lipinski definition) is 5. The Labute approximate surface area is 113 Å². The zero-order valence-electron chi connectivity index (χ0n) is 11.4. The van der Waals surface area contributed by atoms with Gasteiger partial charge in [-0.2, -0.15) is 0 Å². The summed E-state index contributed by atoms with van der Waals surface area (Å²) in [5, 5.41) is 8.02. The Morgan fingerprint density at radius 2 is 2.33 bits per heavy atom. The molecule has 0 amide bonds. The van der Waals surface area contributed by atoms with Crippen molar-refractivity contribution in [1.82, 2.24) is 15.3 Å². The molecule has 2 N–H and O–H groups in total. The first-order chi connectivity index (χ1) is 8.62. The normalized spacial score (nSPS) is 22.7. The van der Waals surface area contributed by atoms with E-state index in [1.54, 1.807) is 18.1 Å². The molecule has 0 spiro atoms. The molecule has 0 aliphatic carbocycles. The van der Waals surface area contributed by atoms with Gasteiger partial charge in [0, 0.05) is 18.7 Å². The van der Waals surface area contributed by atoms with E-state index in [1.165, 1.54) is 12.8 Å². The Morgan fingerprint density at radius 1 is 1.50 bits per heavy atom. The lowest BCUT2D eigenvalue weighted by atomic mass is 9.77. The highest BCUT2D eigenvalue weighted by atomic mass is 32.2. The van der Waals surface area contributed by atoms with Crippen molar-refractivity contribution in [3.05, 3.63) is 12.4 Å². The van der Waals surface area contributed by atoms with Crippen LogP contribution in [0.1, 0.15) is 26.7 Å². The van der Waals surface area contributed by atoms with E-state index in [0.717, 1.165) is 23.9 Å². The van der Waals surface area contributed by atoms with Crippen molar-refractivity contribution in [2.24, 2.45) is 5.41 Å². The minimum Gasteiger partial charge on any atom is -0.368 e. The standard InChI is InChI=1S/C13H22N4S/c1-13(2)5-4-6-14-10(13)8-15-11-7-12(18-3)17-9-16-11/h7,9-10,14H,4-6,8H2,1-3H3,(H,15,16,17). The van der Waals surface area contributed by atoms with E-state index >= 15 is 0 Å². The maximum atomic E-state index is 4.26. The third kappa shape index (κ3) is 3.36. The molecule has 2 heterocycles. The fraction of sp³-hybridized carbons (Fsp3) is 0.692. The molecule has 1 saturated heterocycles. The predicted octanol–water partition coefficient (Wildman–Crippen LogP) is 2.39. The van der Waals surface area contributed by atoms with Gasteiger partial charge in [0.2, 0.25) is 0 Å². The zero-order valence-corrected chi connectivity index (χ0v) is 12.2. The Bertz CT molecular complexity index is 394. The summed E-state index contributed by atoms with van der Waals surface area (Å²) in [6.07, 6.45) is 6.20. The summed E-state index contributed by atoms with van der Waals surface area (Å²) in [7, 11) is 0. The molecule has 1 fully saturated rings. The van der Waals surface area contributed by atoms with Gasteiger partial charge in [0.1, 0.15) is 17.2 Å². The van der Waals surface area contributed by atoms with Crippen molar-refractivity contribution in [2.45, 2.75) is 37.8 Å². The van der Waals surface area contributed by atoms with Crippen molar-refractivity contribution in [3.8, 4) is 0 Å². The number of aromatic nitrogens is 2. The molecular formula is C13H22N4S. The first-order valence-electron chi connectivity index (χ1n) is 6.45. The molecule has 1 aliphatic rings. The number of hydrogen-bond donors (Lipinski definition) is 2. The van der Waals surface area contributed by atoms with Gasteiger partial charge in [-0.25, -0.2) is 9.97 Å². The molecule has 1 aromatic heterocycles. The topological polar surface area (TPSA) is 49.8 Å². The van der Waals surface area contributed by atoms with Crippen LogP contribution in [0.15, 0.2) is 17.4 Å². The molecular weight excluding hydrogens is 244 g/mol. The highest BCUT2D eigenvalue weighted by Gasteiger charge is 2.31. The summed E-state index contributed by atoms with van der Waals surface area (Å²) in [4.78, 5) is 8.43. The number of rotatable bonds is 4. The lowest BCUT2D eigenvalue weighted by Gasteiger charge is -2.39. The molecule has 0 radical (unpaired) electrons. The quantitative estimate of drug-likeness (QED) is 0.647. The summed E-state index contributed by atoms with van der Waals surface area (Å²) >= 11 is 1.64. The number of thioether (sulfide) groups is 1. The minimum atomic E-state index is 0.348. The van der Waals surface area contributed by atoms with Gasteiger partial charge in [0.05, 0.1) is 0 Å². The van der Waals surface area contributed by atoms with E-state index in [2.05, 4.69) is 34.4 Å². The van der Waals surface area contributed by atoms with Crippen LogP contribution in [0.3, 0.4) is 0 Å². The number of nitrogens with one attached hydrogen (secondary N) is 2. The summed E-state index contributed by atoms with van der Waals surface area (Å²) in [5.74, 6) is 0.914. The summed E-state index contributed by atoms with van der Waals surface area (Å²) in [6, 6.07) is 2.50. The van der Waals surface area contributed by atoms with Crippen LogP contribution >= 0.6 is 11.8 Å². The second-order valence-corrected chi connectivity index (χ2v) is 6.25. The number of anilines is 1. The van der Waals surface area contributed by atoms with Crippen LogP contribution < -0.4 is 10.6 Å². The van der Waals surface area contributed by atoms with Crippen molar-refractivity contribution in [1.29, 1.82) is 0 Å². The van der Waals surface area contributed by atoms with Crippen molar-refractivity contribution in [2.75, 3.05) is 24.7 Å². The van der Waals surface area contributed by atoms with Gasteiger partial charge >= 0.3 is 0 Å². The van der Waals surface area contributed by atoms with Gasteiger partial charge in [-0.3, -0.25) is 0 Å². The average molecular weight is 266 g/mol. The van der Waals surface area contributed by atoms with Crippen molar-refractivity contribution >= 4 is 17.6 Å². The average Bonchev–Trinajstić information content (AvgIpc) is 2.37. The van der Waals surface area contributed by atoms with E-state index in [-0.39, 0.29) is 0 Å². The van der Waals surface area contributed by atoms with Crippen LogP contribution in [0, 0.1) is 5.41 Å². The van der Waals surface area contributed by atoms with Crippen LogP contribution in [0.25, 0.3) is 0 Å². The third-order valence-electron chi connectivity index (χ3n) is 3.67. The van der Waals surface area contributed by atoms with Gasteiger partial charge in [-0.05, 0) is 31.1 Å². The number of piperidine rings is 1. The zero-order chi connectivity index (χ0) is 13.0. The first kappa shape index (κ1) is 13.6. The monoisotopic (exact) mass is 266 g/mol. The summed E-state index contributed by atoms with van der Waals surface area (Å²) in [5.41, 5.74) is 0.348. The van der Waals surface area contributed by atoms with Crippen LogP contribution in [0.2, 0.25) is 0 Å². The maximum absolute atomic E-state index is 4.26. The van der Waals surface area contributed by atoms with Gasteiger partial charge in [-0.1, -0.05) is 13.8 Å². The number of nitrogens with zero attached hydrogens (tertiary/aromatic N) is 2. The second kappa shape index (κ2) is 5.89. The summed E-state index contributed by atoms with van der Waals surface area (Å²) < 4.78 is 0. The van der Waals surface area contributed by atoms with E-state index in [0.29, 0.717) is 11.5 Å². The maximum Gasteiger partial charge on any atom is 0.130 e. The molecule has 1 atom stereocenters. The molecule has 4 nitrogen and oxygen atoms in total. The molecule has 0 bridgehead atoms. The molecule has 18 heavy (non-hydrogen) atoms. The fourth-order valence-corrected chi connectivity index (χ4v) is 2.76. The van der Waals surface area contributed by atoms with Crippen LogP contribution in [0.4, 0.5) is 5.82 Å². The van der Waals surface area contributed by atoms with E-state index in [1.807, 2.05) is 12.3 Å². The van der Waals surface area contributed by atoms with E-state index in [9.17, 15) is 0 Å². The molecule has 5 heteroatoms. The van der Waals surface area contributed by atoms with E-state index in [4.69, 9.17) is 0 Å². The van der Waals surface area contributed by atoms with Gasteiger partial charge in [0.25, 0.3) is 0 Å². The smallest absolute Gasteiger partial charge is 0.130 e. The second-order valence-electron chi connectivity index (χ2n) is 5.43. The molecule has 1 aliphatic heterocycles. The molecule has 2 rings (SSSR count). The Kier molecular flexibility index (Phi) is 4.45. The molecule has 1 aromatic rings. The molecule has 1 unspecified atom stereocenters. The van der Waals surface area contributed by atoms with Gasteiger partial charge in [0.15, 0.2) is 0 Å². The van der Waals surface area contributed by atoms with Gasteiger partial charge < -0.3 is 10.6 Å². The minimum absolute atomic E-state index is 0.348. The van der Waals surface area contributed by atoms with Gasteiger partial charge in [-0.15, -0.1) is 11.8 Å². The van der Waals surface area contributed by atoms with Crippen molar-refractivity contribution < 1.29 is 0 Å².